The van der Waals surface area contributed by atoms with Crippen molar-refractivity contribution in [3.63, 3.8) is 0 Å². The van der Waals surface area contributed by atoms with Gasteiger partial charge in [0.2, 0.25) is 16.8 Å². The predicted octanol–water partition coefficient (Wildman–Crippen LogP) is 3.26. The van der Waals surface area contributed by atoms with Crippen molar-refractivity contribution < 1.29 is 4.52 Å². The summed E-state index contributed by atoms with van der Waals surface area (Å²) in [6, 6.07) is 7.75. The predicted molar refractivity (Wildman–Crippen MR) is 82.5 cm³/mol. The minimum absolute atomic E-state index is 0.554. The van der Waals surface area contributed by atoms with Gasteiger partial charge < -0.3 is 4.52 Å². The van der Waals surface area contributed by atoms with Gasteiger partial charge in [0, 0.05) is 17.9 Å². The number of rotatable bonds is 4. The lowest BCUT2D eigenvalue weighted by molar-refractivity contribution is 0.394. The average molecular weight is 299 g/mol. The zero-order valence-electron chi connectivity index (χ0n) is 11.6. The second-order valence-corrected chi connectivity index (χ2v) is 5.28. The maximum Gasteiger partial charge on any atom is 0.223 e. The Morgan fingerprint density at radius 2 is 2.00 bits per heavy atom. The molecule has 0 atom stereocenters. The van der Waals surface area contributed by atoms with Gasteiger partial charge in [-0.2, -0.15) is 10.1 Å². The lowest BCUT2D eigenvalue weighted by atomic mass is 10.1. The molecule has 0 fully saturated rings. The first-order valence-electron chi connectivity index (χ1n) is 6.33. The zero-order valence-corrected chi connectivity index (χ0v) is 12.4. The molecule has 3 rings (SSSR count). The fourth-order valence-electron chi connectivity index (χ4n) is 1.70. The summed E-state index contributed by atoms with van der Waals surface area (Å²) in [5, 5.41) is 10.8. The van der Waals surface area contributed by atoms with Crippen LogP contribution in [0.25, 0.3) is 11.4 Å². The van der Waals surface area contributed by atoms with Crippen LogP contribution in [0.1, 0.15) is 17.1 Å². The molecule has 0 unspecified atom stereocenters. The van der Waals surface area contributed by atoms with E-state index in [-0.39, 0.29) is 0 Å². The molecule has 2 heterocycles. The Labute approximate surface area is 125 Å². The second kappa shape index (κ2) is 5.84. The third-order valence-electron chi connectivity index (χ3n) is 2.69. The topological polar surface area (TPSA) is 76.2 Å². The van der Waals surface area contributed by atoms with Crippen LogP contribution in [0.4, 0.5) is 5.13 Å². The molecule has 0 saturated heterocycles. The number of nitrogens with one attached hydrogen (secondary N) is 1. The number of benzene rings is 1. The van der Waals surface area contributed by atoms with Crippen LogP contribution >= 0.6 is 11.3 Å². The van der Waals surface area contributed by atoms with Gasteiger partial charge in [-0.05, 0) is 12.5 Å². The van der Waals surface area contributed by atoms with Crippen LogP contribution in [-0.4, -0.2) is 21.3 Å². The Hall–Kier alpha value is -2.54. The fourth-order valence-corrected chi connectivity index (χ4v) is 2.34. The van der Waals surface area contributed by atoms with Crippen LogP contribution in [0.3, 0.4) is 0 Å². The largest absolute Gasteiger partial charge is 0.339 e. The Kier molecular flexibility index (Phi) is 3.74. The summed E-state index contributed by atoms with van der Waals surface area (Å²) in [4.78, 5) is 8.45. The smallest absolute Gasteiger partial charge is 0.223 e. The summed E-state index contributed by atoms with van der Waals surface area (Å²) < 4.78 is 4.96. The van der Waals surface area contributed by atoms with E-state index in [9.17, 15) is 0 Å². The highest BCUT2D eigenvalue weighted by Gasteiger charge is 2.04. The molecule has 0 aliphatic rings. The normalized spacial score (nSPS) is 11.1. The van der Waals surface area contributed by atoms with Crippen LogP contribution < -0.4 is 5.43 Å². The van der Waals surface area contributed by atoms with Crippen LogP contribution in [0.15, 0.2) is 39.3 Å². The van der Waals surface area contributed by atoms with Gasteiger partial charge in [0.05, 0.1) is 11.9 Å². The molecule has 1 N–H and O–H groups in total. The van der Waals surface area contributed by atoms with Gasteiger partial charge >= 0.3 is 0 Å². The van der Waals surface area contributed by atoms with Gasteiger partial charge in [-0.3, -0.25) is 5.43 Å². The third kappa shape index (κ3) is 3.32. The minimum atomic E-state index is 0.554. The number of anilines is 1. The molecule has 0 aliphatic heterocycles. The molecule has 2 aromatic heterocycles. The van der Waals surface area contributed by atoms with E-state index in [1.165, 1.54) is 11.3 Å². The molecular weight excluding hydrogens is 286 g/mol. The molecule has 6 nitrogen and oxygen atoms in total. The van der Waals surface area contributed by atoms with Crippen molar-refractivity contribution in [3.8, 4) is 11.4 Å². The molecule has 0 aliphatic carbocycles. The molecule has 0 radical (unpaired) electrons. The summed E-state index contributed by atoms with van der Waals surface area (Å²) >= 11 is 1.52. The van der Waals surface area contributed by atoms with Crippen molar-refractivity contribution in [2.75, 3.05) is 5.43 Å². The lowest BCUT2D eigenvalue weighted by Crippen LogP contribution is -1.90. The number of nitrogens with zero attached hydrogens (tertiary/aromatic N) is 4. The highest BCUT2D eigenvalue weighted by Crippen LogP contribution is 2.16. The molecule has 21 heavy (non-hydrogen) atoms. The van der Waals surface area contributed by atoms with Gasteiger partial charge in [0.1, 0.15) is 0 Å². The van der Waals surface area contributed by atoms with Crippen molar-refractivity contribution in [1.29, 1.82) is 0 Å². The van der Waals surface area contributed by atoms with E-state index < -0.39 is 0 Å². The summed E-state index contributed by atoms with van der Waals surface area (Å²) in [5.74, 6) is 1.14. The van der Waals surface area contributed by atoms with Crippen molar-refractivity contribution in [2.45, 2.75) is 13.8 Å². The van der Waals surface area contributed by atoms with E-state index in [1.807, 2.05) is 36.6 Å². The maximum absolute atomic E-state index is 4.96. The number of hydrogen-bond acceptors (Lipinski definition) is 7. The van der Waals surface area contributed by atoms with Crippen LogP contribution in [0.5, 0.6) is 0 Å². The number of thiazole rings is 1. The first-order valence-corrected chi connectivity index (χ1v) is 7.20. The number of hydrazone groups is 1. The molecule has 0 bridgehead atoms. The van der Waals surface area contributed by atoms with Crippen molar-refractivity contribution >= 4 is 22.7 Å². The first-order chi connectivity index (χ1) is 10.2. The molecule has 0 spiro atoms. The van der Waals surface area contributed by atoms with Gasteiger partial charge in [-0.15, -0.1) is 11.3 Å². The average Bonchev–Trinajstić information content (AvgIpc) is 3.09. The van der Waals surface area contributed by atoms with E-state index >= 15 is 0 Å². The summed E-state index contributed by atoms with van der Waals surface area (Å²) in [6.45, 7) is 3.72. The Morgan fingerprint density at radius 3 is 2.62 bits per heavy atom. The number of aryl methyl sites for hydroxylation is 2. The number of aromatic nitrogens is 3. The zero-order chi connectivity index (χ0) is 14.7. The molecule has 106 valence electrons. The van der Waals surface area contributed by atoms with Gasteiger partial charge in [0.25, 0.3) is 0 Å². The first kappa shape index (κ1) is 13.4. The van der Waals surface area contributed by atoms with E-state index in [1.54, 1.807) is 13.1 Å². The van der Waals surface area contributed by atoms with Gasteiger partial charge in [-0.25, -0.2) is 4.98 Å². The number of hydrogen-bond donors (Lipinski definition) is 1. The molecule has 1 aromatic carbocycles. The lowest BCUT2D eigenvalue weighted by Gasteiger charge is -1.96. The van der Waals surface area contributed by atoms with Crippen LogP contribution in [0.2, 0.25) is 0 Å². The van der Waals surface area contributed by atoms with Crippen LogP contribution in [0, 0.1) is 13.8 Å². The molecule has 0 saturated carbocycles. The second-order valence-electron chi connectivity index (χ2n) is 4.42. The third-order valence-corrected chi connectivity index (χ3v) is 3.55. The monoisotopic (exact) mass is 299 g/mol. The van der Waals surface area contributed by atoms with E-state index in [0.29, 0.717) is 11.7 Å². The summed E-state index contributed by atoms with van der Waals surface area (Å²) in [6.07, 6.45) is 1.74. The SMILES string of the molecule is Cc1csc(NN=Cc2ccc(-c3noc(C)n3)cc2)n1. The fraction of sp³-hybridized carbons (Fsp3) is 0.143. The summed E-state index contributed by atoms with van der Waals surface area (Å²) in [5.41, 5.74) is 5.77. The molecule has 3 aromatic rings. The Morgan fingerprint density at radius 1 is 1.19 bits per heavy atom. The highest BCUT2D eigenvalue weighted by molar-refractivity contribution is 7.13. The standard InChI is InChI=1S/C14H13N5OS/c1-9-8-21-14(16-9)18-15-7-11-3-5-12(6-4-11)13-17-10(2)20-19-13/h3-8H,1-2H3,(H,16,18). The molecule has 7 heteroatoms. The van der Waals surface area contributed by atoms with Gasteiger partial charge in [0.15, 0.2) is 0 Å². The van der Waals surface area contributed by atoms with Crippen LogP contribution in [-0.2, 0) is 0 Å². The van der Waals surface area contributed by atoms with Crippen molar-refractivity contribution in [1.82, 2.24) is 15.1 Å². The molecular formula is C14H13N5OS. The molecule has 0 amide bonds. The quantitative estimate of drug-likeness (QED) is 0.591. The van der Waals surface area contributed by atoms with Gasteiger partial charge in [-0.1, -0.05) is 29.4 Å². The minimum Gasteiger partial charge on any atom is -0.339 e. The Bertz CT molecular complexity index is 760. The van der Waals surface area contributed by atoms with E-state index in [4.69, 9.17) is 4.52 Å². The maximum atomic E-state index is 4.96. The highest BCUT2D eigenvalue weighted by atomic mass is 32.1. The van der Waals surface area contributed by atoms with Crippen molar-refractivity contribution in [2.24, 2.45) is 5.10 Å². The van der Waals surface area contributed by atoms with E-state index in [0.717, 1.165) is 22.0 Å². The summed E-state index contributed by atoms with van der Waals surface area (Å²) in [7, 11) is 0. The van der Waals surface area contributed by atoms with Crippen molar-refractivity contribution in [3.05, 3.63) is 46.8 Å². The Balaban J connectivity index is 1.66. The van der Waals surface area contributed by atoms with E-state index in [2.05, 4.69) is 25.7 Å².